The van der Waals surface area contributed by atoms with Gasteiger partial charge < -0.3 is 0 Å². The van der Waals surface area contributed by atoms with Gasteiger partial charge in [-0.05, 0) is 48.3 Å². The lowest BCUT2D eigenvalue weighted by Gasteiger charge is -2.18. The van der Waals surface area contributed by atoms with E-state index in [0.29, 0.717) is 0 Å². The van der Waals surface area contributed by atoms with E-state index in [2.05, 4.69) is 37.7 Å². The van der Waals surface area contributed by atoms with Crippen molar-refractivity contribution in [3.05, 3.63) is 34.4 Å². The Labute approximate surface area is 78.4 Å². The number of benzene rings is 1. The molecule has 0 radical (unpaired) electrons. The number of hydrogen-bond donors (Lipinski definition) is 0. The van der Waals surface area contributed by atoms with Crippen LogP contribution in [0.15, 0.2) is 12.1 Å². The molecule has 1 aromatic carbocycles. The first-order valence-corrected chi connectivity index (χ1v) is 5.60. The predicted octanol–water partition coefficient (Wildman–Crippen LogP) is 3.09. The van der Waals surface area contributed by atoms with Gasteiger partial charge in [0.15, 0.2) is 0 Å². The Kier molecular flexibility index (Phi) is 2.14. The molecule has 0 aromatic heterocycles. The summed E-state index contributed by atoms with van der Waals surface area (Å²) in [7, 11) is 0. The summed E-state index contributed by atoms with van der Waals surface area (Å²) in [5, 5.41) is 0. The number of fused-ring (bicyclic) bond motifs is 1. The van der Waals surface area contributed by atoms with E-state index >= 15 is 0 Å². The summed E-state index contributed by atoms with van der Waals surface area (Å²) in [5.41, 5.74) is 6.15. The number of rotatable bonds is 0. The van der Waals surface area contributed by atoms with Crippen molar-refractivity contribution in [2.45, 2.75) is 26.0 Å². The zero-order valence-corrected chi connectivity index (χ0v) is 8.50. The van der Waals surface area contributed by atoms with E-state index in [0.717, 1.165) is 0 Å². The zero-order valence-electron chi connectivity index (χ0n) is 7.68. The van der Waals surface area contributed by atoms with E-state index in [9.17, 15) is 0 Å². The van der Waals surface area contributed by atoms with Gasteiger partial charge in [-0.3, -0.25) is 0 Å². The Morgan fingerprint density at radius 3 is 2.92 bits per heavy atom. The Bertz CT molecular complexity index is 302. The third-order valence-corrected chi connectivity index (χ3v) is 3.73. The van der Waals surface area contributed by atoms with Gasteiger partial charge in [0.1, 0.15) is 0 Å². The van der Waals surface area contributed by atoms with Crippen LogP contribution < -0.4 is 0 Å². The second kappa shape index (κ2) is 3.14. The van der Waals surface area contributed by atoms with Gasteiger partial charge in [-0.15, -0.1) is 0 Å². The molecule has 64 valence electrons. The molecule has 0 unspecified atom stereocenters. The van der Waals surface area contributed by atoms with Gasteiger partial charge >= 0.3 is 0 Å². The van der Waals surface area contributed by atoms with Crippen molar-refractivity contribution in [2.75, 3.05) is 5.75 Å². The highest BCUT2D eigenvalue weighted by molar-refractivity contribution is 7.98. The summed E-state index contributed by atoms with van der Waals surface area (Å²) < 4.78 is 0. The first kappa shape index (κ1) is 8.18. The van der Waals surface area contributed by atoms with Crippen molar-refractivity contribution in [2.24, 2.45) is 0 Å². The Balaban J connectivity index is 2.54. The van der Waals surface area contributed by atoms with Crippen LogP contribution in [0.3, 0.4) is 0 Å². The summed E-state index contributed by atoms with van der Waals surface area (Å²) in [5.74, 6) is 2.52. The second-order valence-corrected chi connectivity index (χ2v) is 4.55. The fourth-order valence-electron chi connectivity index (χ4n) is 1.77. The fraction of sp³-hybridized carbons (Fsp3) is 0.455. The first-order chi connectivity index (χ1) is 5.79. The van der Waals surface area contributed by atoms with Crippen LogP contribution in [0.4, 0.5) is 0 Å². The average Bonchev–Trinajstić information content (AvgIpc) is 2.12. The number of hydrogen-bond acceptors (Lipinski definition) is 1. The van der Waals surface area contributed by atoms with Gasteiger partial charge in [-0.2, -0.15) is 11.8 Å². The lowest BCUT2D eigenvalue weighted by Crippen LogP contribution is -2.05. The van der Waals surface area contributed by atoms with Crippen LogP contribution in [0.5, 0.6) is 0 Å². The van der Waals surface area contributed by atoms with Gasteiger partial charge in [0.2, 0.25) is 0 Å². The maximum absolute atomic E-state index is 2.30. The van der Waals surface area contributed by atoms with Gasteiger partial charge in [0, 0.05) is 5.75 Å². The van der Waals surface area contributed by atoms with E-state index in [-0.39, 0.29) is 0 Å². The van der Waals surface area contributed by atoms with Crippen molar-refractivity contribution in [3.8, 4) is 0 Å². The standard InChI is InChI=1S/C11H14S/c1-8-3-4-10-7-12-6-5-11(10)9(8)2/h3-4H,5-7H2,1-2H3. The lowest BCUT2D eigenvalue weighted by atomic mass is 9.96. The molecule has 0 spiro atoms. The SMILES string of the molecule is Cc1ccc2c(c1C)CCSC2. The maximum atomic E-state index is 2.30. The minimum atomic E-state index is 1.22. The summed E-state index contributed by atoms with van der Waals surface area (Å²) in [6.07, 6.45) is 1.27. The molecule has 0 nitrogen and oxygen atoms in total. The van der Waals surface area contributed by atoms with E-state index in [1.807, 2.05) is 0 Å². The first-order valence-electron chi connectivity index (χ1n) is 4.45. The Hall–Kier alpha value is -0.430. The van der Waals surface area contributed by atoms with E-state index in [1.165, 1.54) is 29.1 Å². The van der Waals surface area contributed by atoms with Gasteiger partial charge in [-0.25, -0.2) is 0 Å². The third-order valence-electron chi connectivity index (χ3n) is 2.72. The molecule has 0 bridgehead atoms. The molecule has 1 heteroatoms. The van der Waals surface area contributed by atoms with E-state index < -0.39 is 0 Å². The minimum absolute atomic E-state index is 1.22. The normalized spacial score (nSPS) is 15.8. The smallest absolute Gasteiger partial charge is 0.0187 e. The monoisotopic (exact) mass is 178 g/mol. The van der Waals surface area contributed by atoms with Crippen LogP contribution in [0.1, 0.15) is 22.3 Å². The average molecular weight is 178 g/mol. The highest BCUT2D eigenvalue weighted by Gasteiger charge is 2.11. The highest BCUT2D eigenvalue weighted by atomic mass is 32.2. The molecular weight excluding hydrogens is 164 g/mol. The van der Waals surface area contributed by atoms with Crippen molar-refractivity contribution >= 4 is 11.8 Å². The lowest BCUT2D eigenvalue weighted by molar-refractivity contribution is 1.05. The summed E-state index contributed by atoms with van der Waals surface area (Å²) in [6, 6.07) is 4.55. The molecule has 0 saturated heterocycles. The van der Waals surface area contributed by atoms with Gasteiger partial charge in [-0.1, -0.05) is 12.1 Å². The van der Waals surface area contributed by atoms with Crippen LogP contribution in [-0.2, 0) is 12.2 Å². The van der Waals surface area contributed by atoms with Crippen LogP contribution in [0, 0.1) is 13.8 Å². The van der Waals surface area contributed by atoms with E-state index in [4.69, 9.17) is 0 Å². The molecule has 1 aliphatic heterocycles. The maximum Gasteiger partial charge on any atom is 0.0187 e. The molecule has 0 saturated carbocycles. The third kappa shape index (κ3) is 1.27. The predicted molar refractivity (Wildman–Crippen MR) is 55.8 cm³/mol. The molecule has 1 aliphatic rings. The molecule has 0 atom stereocenters. The van der Waals surface area contributed by atoms with Crippen molar-refractivity contribution < 1.29 is 0 Å². The summed E-state index contributed by atoms with van der Waals surface area (Å²) in [6.45, 7) is 4.46. The molecule has 1 aromatic rings. The van der Waals surface area contributed by atoms with Crippen LogP contribution >= 0.6 is 11.8 Å². The van der Waals surface area contributed by atoms with Crippen molar-refractivity contribution in [3.63, 3.8) is 0 Å². The largest absolute Gasteiger partial charge is 0.157 e. The molecule has 0 fully saturated rings. The van der Waals surface area contributed by atoms with Crippen LogP contribution in [0.25, 0.3) is 0 Å². The van der Waals surface area contributed by atoms with E-state index in [1.54, 1.807) is 11.1 Å². The number of aryl methyl sites for hydroxylation is 1. The summed E-state index contributed by atoms with van der Waals surface area (Å²) in [4.78, 5) is 0. The van der Waals surface area contributed by atoms with Crippen molar-refractivity contribution in [1.29, 1.82) is 0 Å². The highest BCUT2D eigenvalue weighted by Crippen LogP contribution is 2.28. The quantitative estimate of drug-likeness (QED) is 0.588. The van der Waals surface area contributed by atoms with Crippen LogP contribution in [-0.4, -0.2) is 5.75 Å². The van der Waals surface area contributed by atoms with Gasteiger partial charge in [0.05, 0.1) is 0 Å². The second-order valence-electron chi connectivity index (χ2n) is 3.45. The fourth-order valence-corrected chi connectivity index (χ4v) is 2.75. The Morgan fingerprint density at radius 1 is 1.25 bits per heavy atom. The van der Waals surface area contributed by atoms with Crippen LogP contribution in [0.2, 0.25) is 0 Å². The zero-order chi connectivity index (χ0) is 8.55. The summed E-state index contributed by atoms with van der Waals surface area (Å²) >= 11 is 2.05. The van der Waals surface area contributed by atoms with Gasteiger partial charge in [0.25, 0.3) is 0 Å². The molecule has 0 aliphatic carbocycles. The number of thioether (sulfide) groups is 1. The Morgan fingerprint density at radius 2 is 2.08 bits per heavy atom. The molecule has 1 heterocycles. The molecule has 0 amide bonds. The molecule has 0 N–H and O–H groups in total. The van der Waals surface area contributed by atoms with Crippen molar-refractivity contribution in [1.82, 2.24) is 0 Å². The molecule has 2 rings (SSSR count). The molecule has 12 heavy (non-hydrogen) atoms. The minimum Gasteiger partial charge on any atom is -0.157 e. The molecular formula is C11H14S. The topological polar surface area (TPSA) is 0 Å².